The highest BCUT2D eigenvalue weighted by atomic mass is 19.1. The van der Waals surface area contributed by atoms with Gasteiger partial charge in [0.15, 0.2) is 0 Å². The van der Waals surface area contributed by atoms with Crippen molar-refractivity contribution in [1.82, 2.24) is 14.9 Å². The third-order valence-electron chi connectivity index (χ3n) is 4.51. The molecule has 0 aliphatic carbocycles. The topological polar surface area (TPSA) is 46.9 Å². The van der Waals surface area contributed by atoms with Crippen LogP contribution < -0.4 is 5.32 Å². The Bertz CT molecular complexity index is 903. The first-order chi connectivity index (χ1) is 12.6. The minimum Gasteiger partial charge on any atom is -0.346 e. The van der Waals surface area contributed by atoms with E-state index in [1.165, 1.54) is 13.0 Å². The summed E-state index contributed by atoms with van der Waals surface area (Å²) in [5.41, 5.74) is 2.40. The van der Waals surface area contributed by atoms with Crippen LogP contribution in [-0.4, -0.2) is 15.5 Å². The normalized spacial score (nSPS) is 12.3. The molecule has 1 heterocycles. The Hall–Kier alpha value is -2.69. The van der Waals surface area contributed by atoms with Gasteiger partial charge in [-0.1, -0.05) is 50.1 Å². The van der Waals surface area contributed by atoms with Gasteiger partial charge >= 0.3 is 0 Å². The highest BCUT2D eigenvalue weighted by Gasteiger charge is 2.21. The Kier molecular flexibility index (Phi) is 5.66. The molecule has 0 saturated carbocycles. The molecule has 3 aromatic rings. The van der Waals surface area contributed by atoms with Crippen LogP contribution in [0.15, 0.2) is 48.5 Å². The predicted molar refractivity (Wildman–Crippen MR) is 101 cm³/mol. The Morgan fingerprint density at radius 1 is 1.19 bits per heavy atom. The van der Waals surface area contributed by atoms with E-state index in [-0.39, 0.29) is 17.8 Å². The summed E-state index contributed by atoms with van der Waals surface area (Å²) in [5, 5.41) is 3.02. The summed E-state index contributed by atoms with van der Waals surface area (Å²) in [5.74, 6) is 0.453. The van der Waals surface area contributed by atoms with Crippen molar-refractivity contribution in [3.8, 4) is 0 Å². The third-order valence-corrected chi connectivity index (χ3v) is 4.51. The van der Waals surface area contributed by atoms with Crippen molar-refractivity contribution < 1.29 is 9.18 Å². The SMILES string of the molecule is CCCCC(NC(C)=O)c1nc2ccccc2n1Cc1ccccc1F. The molecule has 4 nitrogen and oxygen atoms in total. The molecule has 0 saturated heterocycles. The van der Waals surface area contributed by atoms with Crippen molar-refractivity contribution in [2.75, 3.05) is 0 Å². The standard InChI is InChI=1S/C21H24FN3O/c1-3-4-11-19(23-15(2)26)21-24-18-12-7-8-13-20(18)25(21)14-16-9-5-6-10-17(16)22/h5-10,12-13,19H,3-4,11,14H2,1-2H3,(H,23,26). The zero-order valence-corrected chi connectivity index (χ0v) is 15.2. The summed E-state index contributed by atoms with van der Waals surface area (Å²) in [6, 6.07) is 14.4. The maximum Gasteiger partial charge on any atom is 0.217 e. The lowest BCUT2D eigenvalue weighted by Gasteiger charge is -2.19. The van der Waals surface area contributed by atoms with Crippen molar-refractivity contribution in [2.45, 2.75) is 45.7 Å². The van der Waals surface area contributed by atoms with Gasteiger partial charge in [0, 0.05) is 12.5 Å². The molecule has 1 aromatic heterocycles. The first-order valence-corrected chi connectivity index (χ1v) is 9.05. The predicted octanol–water partition coefficient (Wildman–Crippen LogP) is 4.59. The number of carbonyl (C=O) groups is 1. The molecule has 0 aliphatic rings. The first-order valence-electron chi connectivity index (χ1n) is 9.05. The lowest BCUT2D eigenvalue weighted by atomic mass is 10.1. The molecule has 1 unspecified atom stereocenters. The van der Waals surface area contributed by atoms with E-state index in [4.69, 9.17) is 4.98 Å². The second kappa shape index (κ2) is 8.13. The van der Waals surface area contributed by atoms with Crippen LogP contribution >= 0.6 is 0 Å². The van der Waals surface area contributed by atoms with Crippen LogP contribution in [0.1, 0.15) is 50.5 Å². The molecule has 2 aromatic carbocycles. The van der Waals surface area contributed by atoms with Gasteiger partial charge < -0.3 is 9.88 Å². The van der Waals surface area contributed by atoms with Crippen LogP contribution in [0.25, 0.3) is 11.0 Å². The van der Waals surface area contributed by atoms with E-state index in [9.17, 15) is 9.18 Å². The van der Waals surface area contributed by atoms with Crippen molar-refractivity contribution in [2.24, 2.45) is 0 Å². The number of nitrogens with one attached hydrogen (secondary N) is 1. The molecule has 0 fully saturated rings. The maximum absolute atomic E-state index is 14.2. The zero-order valence-electron chi connectivity index (χ0n) is 15.2. The number of para-hydroxylation sites is 2. The molecule has 0 aliphatic heterocycles. The van der Waals surface area contributed by atoms with Crippen molar-refractivity contribution in [1.29, 1.82) is 0 Å². The van der Waals surface area contributed by atoms with Crippen molar-refractivity contribution in [3.05, 3.63) is 65.7 Å². The van der Waals surface area contributed by atoms with E-state index in [0.717, 1.165) is 36.1 Å². The fourth-order valence-electron chi connectivity index (χ4n) is 3.24. The van der Waals surface area contributed by atoms with E-state index in [1.807, 2.05) is 34.9 Å². The van der Waals surface area contributed by atoms with Gasteiger partial charge in [0.1, 0.15) is 11.6 Å². The molecule has 1 N–H and O–H groups in total. The Morgan fingerprint density at radius 3 is 2.65 bits per heavy atom. The van der Waals surface area contributed by atoms with Crippen LogP contribution in [0.5, 0.6) is 0 Å². The number of hydrogen-bond donors (Lipinski definition) is 1. The van der Waals surface area contributed by atoms with Gasteiger partial charge in [-0.15, -0.1) is 0 Å². The number of nitrogens with zero attached hydrogens (tertiary/aromatic N) is 2. The minimum atomic E-state index is -0.235. The van der Waals surface area contributed by atoms with E-state index < -0.39 is 0 Å². The minimum absolute atomic E-state index is 0.0874. The average molecular weight is 353 g/mol. The number of unbranched alkanes of at least 4 members (excludes halogenated alkanes) is 1. The lowest BCUT2D eigenvalue weighted by molar-refractivity contribution is -0.119. The van der Waals surface area contributed by atoms with Gasteiger partial charge in [0.2, 0.25) is 5.91 Å². The highest BCUT2D eigenvalue weighted by Crippen LogP contribution is 2.26. The molecule has 3 rings (SSSR count). The quantitative estimate of drug-likeness (QED) is 0.675. The largest absolute Gasteiger partial charge is 0.346 e. The van der Waals surface area contributed by atoms with Crippen LogP contribution in [0.3, 0.4) is 0 Å². The number of rotatable bonds is 7. The first kappa shape index (κ1) is 18.1. The molecule has 1 amide bonds. The van der Waals surface area contributed by atoms with E-state index in [0.29, 0.717) is 12.1 Å². The average Bonchev–Trinajstić information content (AvgIpc) is 2.99. The smallest absolute Gasteiger partial charge is 0.217 e. The second-order valence-electron chi connectivity index (χ2n) is 6.53. The fourth-order valence-corrected chi connectivity index (χ4v) is 3.24. The molecule has 0 bridgehead atoms. The summed E-state index contributed by atoms with van der Waals surface area (Å²) in [6.07, 6.45) is 2.81. The molecule has 1 atom stereocenters. The Balaban J connectivity index is 2.08. The monoisotopic (exact) mass is 353 g/mol. The van der Waals surface area contributed by atoms with E-state index in [2.05, 4.69) is 12.2 Å². The van der Waals surface area contributed by atoms with Crippen molar-refractivity contribution in [3.63, 3.8) is 0 Å². The van der Waals surface area contributed by atoms with Gasteiger partial charge in [-0.2, -0.15) is 0 Å². The number of fused-ring (bicyclic) bond motifs is 1. The number of halogens is 1. The molecule has 136 valence electrons. The highest BCUT2D eigenvalue weighted by molar-refractivity contribution is 5.77. The number of imidazole rings is 1. The molecule has 0 spiro atoms. The number of aromatic nitrogens is 2. The van der Waals surface area contributed by atoms with Crippen LogP contribution in [0.2, 0.25) is 0 Å². The summed E-state index contributed by atoms with van der Waals surface area (Å²) in [7, 11) is 0. The van der Waals surface area contributed by atoms with Gasteiger partial charge in [-0.3, -0.25) is 4.79 Å². The summed E-state index contributed by atoms with van der Waals surface area (Å²) in [4.78, 5) is 16.5. The molecule has 0 radical (unpaired) electrons. The molecule has 5 heteroatoms. The van der Waals surface area contributed by atoms with Gasteiger partial charge in [-0.05, 0) is 24.6 Å². The summed E-state index contributed by atoms with van der Waals surface area (Å²) in [6.45, 7) is 4.01. The fraction of sp³-hybridized carbons (Fsp3) is 0.333. The van der Waals surface area contributed by atoms with Crippen molar-refractivity contribution >= 4 is 16.9 Å². The molecular formula is C21H24FN3O. The van der Waals surface area contributed by atoms with Gasteiger partial charge in [0.25, 0.3) is 0 Å². The van der Waals surface area contributed by atoms with Gasteiger partial charge in [-0.25, -0.2) is 9.37 Å². The summed E-state index contributed by atoms with van der Waals surface area (Å²) < 4.78 is 16.2. The summed E-state index contributed by atoms with van der Waals surface area (Å²) >= 11 is 0. The molecular weight excluding hydrogens is 329 g/mol. The maximum atomic E-state index is 14.2. The van der Waals surface area contributed by atoms with E-state index in [1.54, 1.807) is 12.1 Å². The van der Waals surface area contributed by atoms with Gasteiger partial charge in [0.05, 0.1) is 23.6 Å². The Labute approximate surface area is 153 Å². The van der Waals surface area contributed by atoms with Crippen LogP contribution in [-0.2, 0) is 11.3 Å². The molecule has 26 heavy (non-hydrogen) atoms. The number of amides is 1. The Morgan fingerprint density at radius 2 is 1.92 bits per heavy atom. The zero-order chi connectivity index (χ0) is 18.5. The van der Waals surface area contributed by atoms with Crippen LogP contribution in [0, 0.1) is 5.82 Å². The number of benzene rings is 2. The lowest BCUT2D eigenvalue weighted by Crippen LogP contribution is -2.28. The second-order valence-corrected chi connectivity index (χ2v) is 6.53. The number of hydrogen-bond acceptors (Lipinski definition) is 2. The third kappa shape index (κ3) is 3.93. The number of carbonyl (C=O) groups excluding carboxylic acids is 1. The van der Waals surface area contributed by atoms with Crippen LogP contribution in [0.4, 0.5) is 4.39 Å². The van der Waals surface area contributed by atoms with E-state index >= 15 is 0 Å².